The number of hydrogen-bond acceptors (Lipinski definition) is 4. The van der Waals surface area contributed by atoms with Crippen molar-refractivity contribution in [1.82, 2.24) is 15.3 Å². The molecule has 2 atom stereocenters. The molecule has 0 bridgehead atoms. The summed E-state index contributed by atoms with van der Waals surface area (Å²) in [7, 11) is 2.16. The van der Waals surface area contributed by atoms with Crippen LogP contribution >= 0.6 is 0 Å². The molecule has 0 spiro atoms. The Hall–Kier alpha value is -0.630. The Kier molecular flexibility index (Phi) is 3.57. The molecule has 1 aliphatic heterocycles. The van der Waals surface area contributed by atoms with Crippen LogP contribution in [-0.2, 0) is 0 Å². The smallest absolute Gasteiger partial charge is 0.0672 e. The average Bonchev–Trinajstić information content (AvgIpc) is 2.69. The van der Waals surface area contributed by atoms with Gasteiger partial charge in [0.2, 0.25) is 0 Å². The minimum absolute atomic E-state index is 0.227. The minimum atomic E-state index is 0.227. The second-order valence-electron chi connectivity index (χ2n) is 4.69. The van der Waals surface area contributed by atoms with Crippen molar-refractivity contribution in [2.75, 3.05) is 33.2 Å². The summed E-state index contributed by atoms with van der Waals surface area (Å²) < 4.78 is 0. The maximum absolute atomic E-state index is 8.99. The molecule has 0 aromatic carbocycles. The zero-order valence-electron chi connectivity index (χ0n) is 9.45. The van der Waals surface area contributed by atoms with Gasteiger partial charge in [0.15, 0.2) is 0 Å². The Balaban J connectivity index is 1.79. The predicted octanol–water partition coefficient (Wildman–Crippen LogP) is 0.431. The van der Waals surface area contributed by atoms with Crippen molar-refractivity contribution in [1.29, 1.82) is 5.26 Å². The van der Waals surface area contributed by atoms with Gasteiger partial charge in [-0.2, -0.15) is 5.26 Å². The lowest BCUT2D eigenvalue weighted by Gasteiger charge is -2.35. The molecule has 1 saturated carbocycles. The summed E-state index contributed by atoms with van der Waals surface area (Å²) >= 11 is 0. The number of nitriles is 1. The number of piperazine rings is 1. The second kappa shape index (κ2) is 4.93. The number of likely N-dealkylation sites (N-methyl/N-ethyl adjacent to an activating group) is 1. The lowest BCUT2D eigenvalue weighted by molar-refractivity contribution is 0.0829. The van der Waals surface area contributed by atoms with Crippen LogP contribution in [0.25, 0.3) is 0 Å². The fourth-order valence-electron chi connectivity index (χ4n) is 2.44. The van der Waals surface area contributed by atoms with Crippen LogP contribution in [0, 0.1) is 17.2 Å². The van der Waals surface area contributed by atoms with E-state index in [1.807, 2.05) is 0 Å². The van der Waals surface area contributed by atoms with Gasteiger partial charge in [0.25, 0.3) is 0 Å². The quantitative estimate of drug-likeness (QED) is 0.714. The summed E-state index contributed by atoms with van der Waals surface area (Å²) in [5.41, 5.74) is 3.52. The van der Waals surface area contributed by atoms with Gasteiger partial charge in [-0.1, -0.05) is 6.42 Å². The van der Waals surface area contributed by atoms with Crippen LogP contribution in [0.4, 0.5) is 0 Å². The second-order valence-corrected chi connectivity index (χ2v) is 4.69. The topological polar surface area (TPSA) is 42.3 Å². The summed E-state index contributed by atoms with van der Waals surface area (Å²) in [6.45, 7) is 4.39. The molecule has 0 aromatic heterocycles. The molecule has 1 heterocycles. The third-order valence-electron chi connectivity index (χ3n) is 3.53. The highest BCUT2D eigenvalue weighted by Crippen LogP contribution is 2.25. The number of hydrazine groups is 1. The summed E-state index contributed by atoms with van der Waals surface area (Å²) in [5, 5.41) is 11.3. The van der Waals surface area contributed by atoms with Crippen molar-refractivity contribution in [3.05, 3.63) is 0 Å². The van der Waals surface area contributed by atoms with Crippen LogP contribution in [0.15, 0.2) is 0 Å². The third-order valence-corrected chi connectivity index (χ3v) is 3.53. The molecule has 2 aliphatic rings. The van der Waals surface area contributed by atoms with E-state index in [0.717, 1.165) is 39.0 Å². The molecule has 0 radical (unpaired) electrons. The Morgan fingerprint density at radius 3 is 2.60 bits per heavy atom. The van der Waals surface area contributed by atoms with Crippen molar-refractivity contribution in [2.45, 2.75) is 25.3 Å². The molecule has 4 nitrogen and oxygen atoms in total. The van der Waals surface area contributed by atoms with E-state index < -0.39 is 0 Å². The molecule has 2 rings (SSSR count). The number of rotatable bonds is 2. The zero-order chi connectivity index (χ0) is 10.7. The Labute approximate surface area is 91.8 Å². The molecule has 2 fully saturated rings. The van der Waals surface area contributed by atoms with Gasteiger partial charge in [0.1, 0.15) is 0 Å². The van der Waals surface area contributed by atoms with Crippen molar-refractivity contribution in [3.8, 4) is 6.07 Å². The molecule has 1 saturated heterocycles. The van der Waals surface area contributed by atoms with Gasteiger partial charge in [-0.25, -0.2) is 5.01 Å². The molecular formula is C11H20N4. The fraction of sp³-hybridized carbons (Fsp3) is 0.909. The first kappa shape index (κ1) is 10.9. The molecule has 84 valence electrons. The van der Waals surface area contributed by atoms with E-state index in [4.69, 9.17) is 5.26 Å². The Morgan fingerprint density at radius 1 is 1.20 bits per heavy atom. The van der Waals surface area contributed by atoms with Crippen molar-refractivity contribution in [3.63, 3.8) is 0 Å². The minimum Gasteiger partial charge on any atom is -0.304 e. The third kappa shape index (κ3) is 2.69. The Morgan fingerprint density at radius 2 is 1.93 bits per heavy atom. The fourth-order valence-corrected chi connectivity index (χ4v) is 2.44. The summed E-state index contributed by atoms with van der Waals surface area (Å²) in [5.74, 6) is 0.227. The van der Waals surface area contributed by atoms with Gasteiger partial charge in [-0.3, -0.25) is 5.43 Å². The molecule has 2 unspecified atom stereocenters. The maximum atomic E-state index is 8.99. The van der Waals surface area contributed by atoms with Crippen LogP contribution in [0.1, 0.15) is 19.3 Å². The molecule has 4 heteroatoms. The van der Waals surface area contributed by atoms with Gasteiger partial charge < -0.3 is 4.90 Å². The van der Waals surface area contributed by atoms with Crippen LogP contribution in [-0.4, -0.2) is 49.2 Å². The van der Waals surface area contributed by atoms with Crippen molar-refractivity contribution in [2.24, 2.45) is 5.92 Å². The van der Waals surface area contributed by atoms with Crippen LogP contribution in [0.2, 0.25) is 0 Å². The normalized spacial score (nSPS) is 34.1. The highest BCUT2D eigenvalue weighted by atomic mass is 15.5. The van der Waals surface area contributed by atoms with Gasteiger partial charge in [-0.15, -0.1) is 0 Å². The van der Waals surface area contributed by atoms with Gasteiger partial charge >= 0.3 is 0 Å². The first-order valence-corrected chi connectivity index (χ1v) is 5.89. The largest absolute Gasteiger partial charge is 0.304 e. The van der Waals surface area contributed by atoms with Crippen LogP contribution in [0.5, 0.6) is 0 Å². The van der Waals surface area contributed by atoms with Gasteiger partial charge in [0, 0.05) is 32.2 Å². The summed E-state index contributed by atoms with van der Waals surface area (Å²) in [6.07, 6.45) is 3.43. The molecular weight excluding hydrogens is 188 g/mol. The lowest BCUT2D eigenvalue weighted by atomic mass is 10.1. The van der Waals surface area contributed by atoms with E-state index >= 15 is 0 Å². The number of hydrogen-bond donors (Lipinski definition) is 1. The molecule has 1 N–H and O–H groups in total. The molecule has 0 aromatic rings. The standard InChI is InChI=1S/C11H20N4/c1-14-5-7-15(8-6-14)13-11-4-2-3-10(11)9-12/h10-11,13H,2-8H2,1H3. The molecule has 1 aliphatic carbocycles. The first-order chi connectivity index (χ1) is 7.29. The van der Waals surface area contributed by atoms with E-state index in [-0.39, 0.29) is 5.92 Å². The van der Waals surface area contributed by atoms with Gasteiger partial charge in [-0.05, 0) is 19.9 Å². The van der Waals surface area contributed by atoms with Crippen molar-refractivity contribution >= 4 is 0 Å². The van der Waals surface area contributed by atoms with Crippen LogP contribution < -0.4 is 5.43 Å². The molecule has 15 heavy (non-hydrogen) atoms. The van der Waals surface area contributed by atoms with Crippen LogP contribution in [0.3, 0.4) is 0 Å². The number of nitrogens with one attached hydrogen (secondary N) is 1. The predicted molar refractivity (Wildman–Crippen MR) is 58.9 cm³/mol. The summed E-state index contributed by atoms with van der Waals surface area (Å²) in [6, 6.07) is 2.81. The summed E-state index contributed by atoms with van der Waals surface area (Å²) in [4.78, 5) is 2.34. The zero-order valence-corrected chi connectivity index (χ0v) is 9.45. The first-order valence-electron chi connectivity index (χ1n) is 5.89. The monoisotopic (exact) mass is 208 g/mol. The average molecular weight is 208 g/mol. The highest BCUT2D eigenvalue weighted by molar-refractivity contribution is 4.96. The number of nitrogens with zero attached hydrogens (tertiary/aromatic N) is 3. The maximum Gasteiger partial charge on any atom is 0.0672 e. The highest BCUT2D eigenvalue weighted by Gasteiger charge is 2.29. The Bertz CT molecular complexity index is 239. The van der Waals surface area contributed by atoms with Crippen molar-refractivity contribution < 1.29 is 0 Å². The molecule has 0 amide bonds. The van der Waals surface area contributed by atoms with E-state index in [2.05, 4.69) is 28.5 Å². The van der Waals surface area contributed by atoms with E-state index in [9.17, 15) is 0 Å². The van der Waals surface area contributed by atoms with E-state index in [1.165, 1.54) is 6.42 Å². The van der Waals surface area contributed by atoms with E-state index in [1.54, 1.807) is 0 Å². The van der Waals surface area contributed by atoms with Gasteiger partial charge in [0.05, 0.1) is 12.0 Å². The lowest BCUT2D eigenvalue weighted by Crippen LogP contribution is -2.54. The SMILES string of the molecule is CN1CCN(NC2CCCC2C#N)CC1. The van der Waals surface area contributed by atoms with E-state index in [0.29, 0.717) is 6.04 Å².